The molecule has 0 aliphatic heterocycles. The van der Waals surface area contributed by atoms with Crippen LogP contribution in [0.1, 0.15) is 13.3 Å². The van der Waals surface area contributed by atoms with Gasteiger partial charge in [0, 0.05) is 6.42 Å². The third kappa shape index (κ3) is 3.65. The molecule has 11 heteroatoms. The van der Waals surface area contributed by atoms with E-state index in [4.69, 9.17) is 0 Å². The molecule has 6 nitrogen and oxygen atoms in total. The van der Waals surface area contributed by atoms with E-state index in [0.29, 0.717) is 11.3 Å². The van der Waals surface area contributed by atoms with Gasteiger partial charge in [-0.05, 0) is 18.2 Å². The Kier molecular flexibility index (Phi) is 5.16. The van der Waals surface area contributed by atoms with Crippen LogP contribution in [-0.2, 0) is 14.3 Å². The van der Waals surface area contributed by atoms with Crippen LogP contribution in [0.25, 0.3) is 10.2 Å². The van der Waals surface area contributed by atoms with Crippen LogP contribution in [0, 0.1) is 5.82 Å². The van der Waals surface area contributed by atoms with Gasteiger partial charge in [-0.3, -0.25) is 4.79 Å². The highest BCUT2D eigenvalue weighted by molar-refractivity contribution is 7.22. The zero-order chi connectivity index (χ0) is 18.8. The minimum atomic E-state index is -5.23. The van der Waals surface area contributed by atoms with Crippen molar-refractivity contribution in [1.29, 1.82) is 0 Å². The molecule has 1 amide bonds. The second-order valence-corrected chi connectivity index (χ2v) is 5.93. The van der Waals surface area contributed by atoms with E-state index in [-0.39, 0.29) is 21.8 Å². The molecule has 2 rings (SSSR count). The molecule has 2 N–H and O–H groups in total. The van der Waals surface area contributed by atoms with Crippen molar-refractivity contribution in [2.75, 3.05) is 12.4 Å². The Morgan fingerprint density at radius 2 is 2.00 bits per heavy atom. The Bertz CT molecular complexity index is 808. The summed E-state index contributed by atoms with van der Waals surface area (Å²) in [4.78, 5) is 27.4. The molecule has 0 spiro atoms. The lowest BCUT2D eigenvalue weighted by molar-refractivity contribution is -0.206. The number of halogens is 4. The largest absolute Gasteiger partial charge is 0.466 e. The molecular weight excluding hydrogens is 366 g/mol. The molecule has 0 unspecified atom stereocenters. The van der Waals surface area contributed by atoms with Gasteiger partial charge in [-0.2, -0.15) is 13.2 Å². The van der Waals surface area contributed by atoms with Gasteiger partial charge in [0.1, 0.15) is 5.82 Å². The van der Waals surface area contributed by atoms with Gasteiger partial charge < -0.3 is 15.4 Å². The number of hydrogen-bond acceptors (Lipinski definition) is 6. The maximum absolute atomic E-state index is 13.7. The highest BCUT2D eigenvalue weighted by atomic mass is 32.1. The van der Waals surface area contributed by atoms with Crippen molar-refractivity contribution in [3.8, 4) is 0 Å². The molecule has 1 aromatic carbocycles. The third-order valence-electron chi connectivity index (χ3n) is 3.21. The average molecular weight is 379 g/mol. The molecule has 0 bridgehead atoms. The summed E-state index contributed by atoms with van der Waals surface area (Å²) in [6.45, 7) is 1.33. The molecule has 1 aromatic heterocycles. The van der Waals surface area contributed by atoms with Gasteiger partial charge in [0.15, 0.2) is 5.13 Å². The standard InChI is InChI=1S/C14H13F4N3O3S/c1-3-10(22)20-13(11(23)24-2,14(16,17)18)21-12-19-8-5-4-7(15)6-9(8)25-12/h4-6H,3H2,1-2H3,(H,19,21)(H,20,22)/t13-/m1/s1. The number of benzene rings is 1. The molecule has 2 aromatic rings. The van der Waals surface area contributed by atoms with Gasteiger partial charge in [0.2, 0.25) is 5.91 Å². The van der Waals surface area contributed by atoms with Crippen LogP contribution in [0.5, 0.6) is 0 Å². The minimum absolute atomic E-state index is 0.233. The number of carbonyl (C=O) groups is 2. The normalized spacial score (nSPS) is 14.0. The zero-order valence-corrected chi connectivity index (χ0v) is 13.8. The Labute approximate surface area is 143 Å². The smallest absolute Gasteiger partial charge is 0.442 e. The summed E-state index contributed by atoms with van der Waals surface area (Å²) in [5, 5.41) is 3.20. The lowest BCUT2D eigenvalue weighted by atomic mass is 10.1. The molecule has 1 atom stereocenters. The first kappa shape index (κ1) is 18.9. The van der Waals surface area contributed by atoms with Gasteiger partial charge in [0.25, 0.3) is 0 Å². The van der Waals surface area contributed by atoms with Crippen LogP contribution < -0.4 is 10.6 Å². The van der Waals surface area contributed by atoms with Gasteiger partial charge in [-0.1, -0.05) is 18.3 Å². The molecule has 0 aliphatic rings. The summed E-state index contributed by atoms with van der Waals surface area (Å²) in [5.74, 6) is -3.37. The number of thiazole rings is 1. The number of alkyl halides is 3. The fourth-order valence-electron chi connectivity index (χ4n) is 1.95. The first-order chi connectivity index (χ1) is 11.6. The van der Waals surface area contributed by atoms with E-state index < -0.39 is 29.5 Å². The number of carbonyl (C=O) groups excluding carboxylic acids is 2. The van der Waals surface area contributed by atoms with E-state index in [1.165, 1.54) is 13.0 Å². The first-order valence-corrected chi connectivity index (χ1v) is 7.75. The molecule has 0 saturated carbocycles. The van der Waals surface area contributed by atoms with Crippen LogP contribution in [0.15, 0.2) is 18.2 Å². The second-order valence-electron chi connectivity index (χ2n) is 4.90. The Morgan fingerprint density at radius 1 is 1.32 bits per heavy atom. The maximum Gasteiger partial charge on any atom is 0.442 e. The van der Waals surface area contributed by atoms with Crippen LogP contribution in [-0.4, -0.2) is 35.8 Å². The van der Waals surface area contributed by atoms with Crippen molar-refractivity contribution in [3.63, 3.8) is 0 Å². The molecular formula is C14H13F4N3O3S. The molecule has 0 saturated heterocycles. The van der Waals surface area contributed by atoms with E-state index >= 15 is 0 Å². The molecule has 0 aliphatic carbocycles. The van der Waals surface area contributed by atoms with Crippen LogP contribution in [0.2, 0.25) is 0 Å². The van der Waals surface area contributed by atoms with Crippen molar-refractivity contribution in [2.24, 2.45) is 0 Å². The zero-order valence-electron chi connectivity index (χ0n) is 13.0. The van der Waals surface area contributed by atoms with E-state index in [9.17, 15) is 27.2 Å². The van der Waals surface area contributed by atoms with Gasteiger partial charge in [-0.15, -0.1) is 0 Å². The third-order valence-corrected chi connectivity index (χ3v) is 4.14. The predicted octanol–water partition coefficient (Wildman–Crippen LogP) is 2.81. The number of ether oxygens (including phenoxy) is 1. The molecule has 1 heterocycles. The number of esters is 1. The lowest BCUT2D eigenvalue weighted by Gasteiger charge is -2.33. The average Bonchev–Trinajstić information content (AvgIpc) is 2.93. The van der Waals surface area contributed by atoms with Crippen LogP contribution >= 0.6 is 11.3 Å². The number of amides is 1. The van der Waals surface area contributed by atoms with Gasteiger partial charge in [0.05, 0.1) is 17.3 Å². The fourth-order valence-corrected chi connectivity index (χ4v) is 2.90. The lowest BCUT2D eigenvalue weighted by Crippen LogP contribution is -2.69. The molecule has 0 radical (unpaired) electrons. The SMILES string of the molecule is CCC(=O)N[C@@](Nc1nc2ccc(F)cc2s1)(C(=O)OC)C(F)(F)F. The topological polar surface area (TPSA) is 80.3 Å². The van der Waals surface area contributed by atoms with E-state index in [1.807, 2.05) is 5.32 Å². The maximum atomic E-state index is 13.7. The number of anilines is 1. The molecule has 25 heavy (non-hydrogen) atoms. The van der Waals surface area contributed by atoms with E-state index in [0.717, 1.165) is 19.2 Å². The number of aromatic nitrogens is 1. The molecule has 0 fully saturated rings. The monoisotopic (exact) mass is 379 g/mol. The Morgan fingerprint density at radius 3 is 2.56 bits per heavy atom. The van der Waals surface area contributed by atoms with Crippen LogP contribution in [0.3, 0.4) is 0 Å². The van der Waals surface area contributed by atoms with Crippen molar-refractivity contribution in [2.45, 2.75) is 25.2 Å². The van der Waals surface area contributed by atoms with E-state index in [1.54, 1.807) is 5.32 Å². The Balaban J connectivity index is 2.52. The summed E-state index contributed by atoms with van der Waals surface area (Å²) >= 11 is 0.696. The molecule has 136 valence electrons. The number of rotatable bonds is 5. The number of nitrogens with one attached hydrogen (secondary N) is 2. The number of hydrogen-bond donors (Lipinski definition) is 2. The summed E-state index contributed by atoms with van der Waals surface area (Å²) in [6.07, 6.45) is -5.52. The number of methoxy groups -OCH3 is 1. The summed E-state index contributed by atoms with van der Waals surface area (Å²) < 4.78 is 58.7. The Hall–Kier alpha value is -2.43. The summed E-state index contributed by atoms with van der Waals surface area (Å²) in [7, 11) is 0.760. The van der Waals surface area contributed by atoms with Crippen molar-refractivity contribution >= 4 is 38.6 Å². The number of fused-ring (bicyclic) bond motifs is 1. The predicted molar refractivity (Wildman–Crippen MR) is 82.4 cm³/mol. The van der Waals surface area contributed by atoms with Gasteiger partial charge in [-0.25, -0.2) is 14.2 Å². The van der Waals surface area contributed by atoms with Crippen LogP contribution in [0.4, 0.5) is 22.7 Å². The van der Waals surface area contributed by atoms with Crippen molar-refractivity contribution in [3.05, 3.63) is 24.0 Å². The summed E-state index contributed by atoms with van der Waals surface area (Å²) in [6, 6.07) is 3.47. The fraction of sp³-hybridized carbons (Fsp3) is 0.357. The van der Waals surface area contributed by atoms with Crippen molar-refractivity contribution < 1.29 is 31.9 Å². The highest BCUT2D eigenvalue weighted by Crippen LogP contribution is 2.35. The van der Waals surface area contributed by atoms with E-state index in [2.05, 4.69) is 9.72 Å². The van der Waals surface area contributed by atoms with Gasteiger partial charge >= 0.3 is 17.8 Å². The second kappa shape index (κ2) is 6.82. The highest BCUT2D eigenvalue weighted by Gasteiger charge is 2.63. The quantitative estimate of drug-likeness (QED) is 0.474. The minimum Gasteiger partial charge on any atom is -0.466 e. The first-order valence-electron chi connectivity index (χ1n) is 6.93. The number of nitrogens with zero attached hydrogens (tertiary/aromatic N) is 1. The summed E-state index contributed by atoms with van der Waals surface area (Å²) in [5.41, 5.74) is -3.28. The van der Waals surface area contributed by atoms with Crippen molar-refractivity contribution in [1.82, 2.24) is 10.3 Å².